The number of likely N-dealkylation sites (N-methyl/N-ethyl adjacent to an activating group) is 1. The molecule has 0 radical (unpaired) electrons. The SMILES string of the molecule is C[C@H](Cc1ccccc1)NC(=O)CNC[C@H](Cc1ccc(O)cc1)N(C)C. The molecule has 146 valence electrons. The molecule has 5 nitrogen and oxygen atoms in total. The summed E-state index contributed by atoms with van der Waals surface area (Å²) in [5, 5.41) is 15.7. The number of nitrogens with zero attached hydrogens (tertiary/aromatic N) is 1. The van der Waals surface area contributed by atoms with Crippen molar-refractivity contribution in [2.75, 3.05) is 27.2 Å². The molecule has 0 aliphatic heterocycles. The van der Waals surface area contributed by atoms with Gasteiger partial charge >= 0.3 is 0 Å². The molecule has 0 aliphatic carbocycles. The summed E-state index contributed by atoms with van der Waals surface area (Å²) in [5.74, 6) is 0.292. The van der Waals surface area contributed by atoms with Crippen molar-refractivity contribution in [3.63, 3.8) is 0 Å². The zero-order valence-electron chi connectivity index (χ0n) is 16.5. The summed E-state index contributed by atoms with van der Waals surface area (Å²) < 4.78 is 0. The van der Waals surface area contributed by atoms with Crippen molar-refractivity contribution in [1.29, 1.82) is 0 Å². The van der Waals surface area contributed by atoms with E-state index < -0.39 is 0 Å². The Kier molecular flexibility index (Phi) is 8.30. The average Bonchev–Trinajstić information content (AvgIpc) is 2.63. The van der Waals surface area contributed by atoms with Gasteiger partial charge in [0.2, 0.25) is 5.91 Å². The van der Waals surface area contributed by atoms with Crippen LogP contribution in [-0.4, -0.2) is 55.2 Å². The van der Waals surface area contributed by atoms with Crippen molar-refractivity contribution in [2.45, 2.75) is 31.8 Å². The molecule has 0 unspecified atom stereocenters. The van der Waals surface area contributed by atoms with E-state index in [-0.39, 0.29) is 23.7 Å². The van der Waals surface area contributed by atoms with Crippen molar-refractivity contribution in [2.24, 2.45) is 0 Å². The third-order valence-electron chi connectivity index (χ3n) is 4.60. The van der Waals surface area contributed by atoms with Crippen LogP contribution in [0.5, 0.6) is 5.75 Å². The first-order valence-corrected chi connectivity index (χ1v) is 9.42. The number of aromatic hydroxyl groups is 1. The van der Waals surface area contributed by atoms with Crippen LogP contribution in [0.1, 0.15) is 18.1 Å². The van der Waals surface area contributed by atoms with Crippen molar-refractivity contribution in [3.8, 4) is 5.75 Å². The van der Waals surface area contributed by atoms with Crippen LogP contribution < -0.4 is 10.6 Å². The molecule has 2 rings (SSSR count). The highest BCUT2D eigenvalue weighted by Crippen LogP contribution is 2.12. The summed E-state index contributed by atoms with van der Waals surface area (Å²) in [4.78, 5) is 14.3. The van der Waals surface area contributed by atoms with Crippen LogP contribution in [0.25, 0.3) is 0 Å². The predicted octanol–water partition coefficient (Wildman–Crippen LogP) is 2.20. The van der Waals surface area contributed by atoms with E-state index in [4.69, 9.17) is 0 Å². The largest absolute Gasteiger partial charge is 0.508 e. The molecule has 0 heterocycles. The molecule has 0 spiro atoms. The maximum atomic E-state index is 12.2. The number of hydrogen-bond donors (Lipinski definition) is 3. The van der Waals surface area contributed by atoms with E-state index in [1.807, 2.05) is 51.4 Å². The van der Waals surface area contributed by atoms with Gasteiger partial charge in [0.1, 0.15) is 5.75 Å². The highest BCUT2D eigenvalue weighted by atomic mass is 16.3. The summed E-state index contributed by atoms with van der Waals surface area (Å²) in [7, 11) is 4.07. The van der Waals surface area contributed by atoms with Gasteiger partial charge in [0.05, 0.1) is 6.54 Å². The second kappa shape index (κ2) is 10.7. The Balaban J connectivity index is 1.73. The molecular formula is C22H31N3O2. The molecule has 27 heavy (non-hydrogen) atoms. The monoisotopic (exact) mass is 369 g/mol. The van der Waals surface area contributed by atoms with Gasteiger partial charge in [-0.15, -0.1) is 0 Å². The van der Waals surface area contributed by atoms with Crippen LogP contribution in [0.4, 0.5) is 0 Å². The second-order valence-corrected chi connectivity index (χ2v) is 7.28. The summed E-state index contributed by atoms with van der Waals surface area (Å²) in [6, 6.07) is 17.8. The number of hydrogen-bond acceptors (Lipinski definition) is 4. The number of rotatable bonds is 10. The Morgan fingerprint density at radius 1 is 1.00 bits per heavy atom. The first kappa shape index (κ1) is 20.9. The summed E-state index contributed by atoms with van der Waals surface area (Å²) >= 11 is 0. The molecule has 3 N–H and O–H groups in total. The Labute approximate surface area is 162 Å². The van der Waals surface area contributed by atoms with Crippen LogP contribution >= 0.6 is 0 Å². The van der Waals surface area contributed by atoms with Gasteiger partial charge < -0.3 is 20.6 Å². The predicted molar refractivity (Wildman–Crippen MR) is 110 cm³/mol. The zero-order valence-corrected chi connectivity index (χ0v) is 16.5. The lowest BCUT2D eigenvalue weighted by Gasteiger charge is -2.25. The van der Waals surface area contributed by atoms with E-state index >= 15 is 0 Å². The number of benzene rings is 2. The zero-order chi connectivity index (χ0) is 19.6. The fraction of sp³-hybridized carbons (Fsp3) is 0.409. The molecule has 0 bridgehead atoms. The van der Waals surface area contributed by atoms with Crippen LogP contribution in [0.15, 0.2) is 54.6 Å². The fourth-order valence-electron chi connectivity index (χ4n) is 3.04. The van der Waals surface area contributed by atoms with E-state index in [1.165, 1.54) is 5.56 Å². The molecular weight excluding hydrogens is 338 g/mol. The number of phenolic OH excluding ortho intramolecular Hbond substituents is 1. The number of carbonyl (C=O) groups excluding carboxylic acids is 1. The van der Waals surface area contributed by atoms with E-state index in [2.05, 4.69) is 27.7 Å². The summed E-state index contributed by atoms with van der Waals surface area (Å²) in [6.45, 7) is 3.05. The van der Waals surface area contributed by atoms with Gasteiger partial charge in [-0.1, -0.05) is 42.5 Å². The molecule has 0 saturated heterocycles. The first-order chi connectivity index (χ1) is 12.9. The maximum absolute atomic E-state index is 12.2. The Morgan fingerprint density at radius 3 is 2.26 bits per heavy atom. The molecule has 1 amide bonds. The minimum Gasteiger partial charge on any atom is -0.508 e. The van der Waals surface area contributed by atoms with Crippen molar-refractivity contribution < 1.29 is 9.90 Å². The first-order valence-electron chi connectivity index (χ1n) is 9.42. The van der Waals surface area contributed by atoms with E-state index in [0.717, 1.165) is 18.4 Å². The third kappa shape index (κ3) is 7.81. The Bertz CT molecular complexity index is 686. The van der Waals surface area contributed by atoms with Crippen molar-refractivity contribution in [1.82, 2.24) is 15.5 Å². The fourth-order valence-corrected chi connectivity index (χ4v) is 3.04. The average molecular weight is 370 g/mol. The Morgan fingerprint density at radius 2 is 1.63 bits per heavy atom. The molecule has 2 aromatic rings. The number of nitrogens with one attached hydrogen (secondary N) is 2. The molecule has 0 fully saturated rings. The summed E-state index contributed by atoms with van der Waals surface area (Å²) in [6.07, 6.45) is 1.68. The standard InChI is InChI=1S/C22H31N3O2/c1-17(13-18-7-5-4-6-8-18)24-22(27)16-23-15-20(25(2)3)14-19-9-11-21(26)12-10-19/h4-12,17,20,23,26H,13-16H2,1-3H3,(H,24,27)/t17-,20+/m1/s1. The van der Waals surface area contributed by atoms with Crippen LogP contribution in [0.3, 0.4) is 0 Å². The molecule has 0 saturated carbocycles. The minimum atomic E-state index is 0.0144. The van der Waals surface area contributed by atoms with Crippen molar-refractivity contribution >= 4 is 5.91 Å². The molecule has 2 aromatic carbocycles. The number of carbonyl (C=O) groups is 1. The van der Waals surface area contributed by atoms with Crippen LogP contribution in [-0.2, 0) is 17.6 Å². The van der Waals surface area contributed by atoms with Gasteiger partial charge in [0.25, 0.3) is 0 Å². The normalized spacial score (nSPS) is 13.3. The van der Waals surface area contributed by atoms with Gasteiger partial charge in [0, 0.05) is 18.6 Å². The molecule has 2 atom stereocenters. The second-order valence-electron chi connectivity index (χ2n) is 7.28. The van der Waals surface area contributed by atoms with Gasteiger partial charge in [-0.25, -0.2) is 0 Å². The minimum absolute atomic E-state index is 0.0144. The van der Waals surface area contributed by atoms with Gasteiger partial charge in [0.15, 0.2) is 0 Å². The lowest BCUT2D eigenvalue weighted by atomic mass is 10.0. The lowest BCUT2D eigenvalue weighted by Crippen LogP contribution is -2.44. The molecule has 0 aromatic heterocycles. The van der Waals surface area contributed by atoms with Crippen molar-refractivity contribution in [3.05, 3.63) is 65.7 Å². The van der Waals surface area contributed by atoms with Crippen LogP contribution in [0.2, 0.25) is 0 Å². The van der Waals surface area contributed by atoms with E-state index in [9.17, 15) is 9.90 Å². The topological polar surface area (TPSA) is 64.6 Å². The van der Waals surface area contributed by atoms with Gasteiger partial charge in [-0.3, -0.25) is 4.79 Å². The Hall–Kier alpha value is -2.37. The molecule has 5 heteroatoms. The smallest absolute Gasteiger partial charge is 0.234 e. The lowest BCUT2D eigenvalue weighted by molar-refractivity contribution is -0.120. The number of amides is 1. The third-order valence-corrected chi connectivity index (χ3v) is 4.60. The van der Waals surface area contributed by atoms with Gasteiger partial charge in [-0.2, -0.15) is 0 Å². The number of phenols is 1. The highest BCUT2D eigenvalue weighted by molar-refractivity contribution is 5.78. The summed E-state index contributed by atoms with van der Waals surface area (Å²) in [5.41, 5.74) is 2.38. The van der Waals surface area contributed by atoms with Gasteiger partial charge in [-0.05, 0) is 57.1 Å². The van der Waals surface area contributed by atoms with Crippen LogP contribution in [0, 0.1) is 0 Å². The quantitative estimate of drug-likeness (QED) is 0.601. The van der Waals surface area contributed by atoms with E-state index in [0.29, 0.717) is 13.1 Å². The van der Waals surface area contributed by atoms with E-state index in [1.54, 1.807) is 12.1 Å². The molecule has 0 aliphatic rings. The highest BCUT2D eigenvalue weighted by Gasteiger charge is 2.14. The maximum Gasteiger partial charge on any atom is 0.234 e.